The molecule has 1 N–H and O–H groups in total. The van der Waals surface area contributed by atoms with Gasteiger partial charge in [0.2, 0.25) is 0 Å². The molecule has 1 aromatic rings. The Bertz CT molecular complexity index is 639. The van der Waals surface area contributed by atoms with E-state index in [1.165, 1.54) is 12.1 Å². The molecule has 6 heteroatoms. The number of nitrogens with one attached hydrogen (secondary N) is 1. The average molecular weight is 338 g/mol. The second kappa shape index (κ2) is 6.31. The molecule has 2 rings (SSSR count). The van der Waals surface area contributed by atoms with Gasteiger partial charge in [-0.05, 0) is 46.8 Å². The van der Waals surface area contributed by atoms with Crippen molar-refractivity contribution in [3.8, 4) is 11.8 Å². The monoisotopic (exact) mass is 338 g/mol. The molecule has 0 saturated heterocycles. The van der Waals surface area contributed by atoms with E-state index in [9.17, 15) is 8.94 Å². The van der Waals surface area contributed by atoms with Crippen molar-refractivity contribution in [1.82, 2.24) is 4.72 Å². The number of fused-ring (bicyclic) bond motifs is 1. The highest BCUT2D eigenvalue weighted by atomic mass is 32.2. The molecule has 1 aromatic carbocycles. The summed E-state index contributed by atoms with van der Waals surface area (Å²) < 4.78 is 34.8. The largest absolute Gasteiger partial charge is 0.598 e. The van der Waals surface area contributed by atoms with Gasteiger partial charge in [-0.2, -0.15) is 5.26 Å². The average Bonchev–Trinajstić information content (AvgIpc) is 2.72. The van der Waals surface area contributed by atoms with Crippen LogP contribution in [-0.2, 0) is 17.8 Å². The fourth-order valence-corrected chi connectivity index (χ4v) is 3.40. The number of rotatable bonds is 4. The van der Waals surface area contributed by atoms with Crippen LogP contribution in [0.25, 0.3) is 0 Å². The molecule has 0 aromatic heterocycles. The fourth-order valence-electron chi connectivity index (χ4n) is 2.60. The first-order valence-electron chi connectivity index (χ1n) is 7.62. The van der Waals surface area contributed by atoms with Gasteiger partial charge in [-0.3, -0.25) is 0 Å². The van der Waals surface area contributed by atoms with E-state index in [2.05, 4.69) is 10.8 Å². The number of nitriles is 1. The van der Waals surface area contributed by atoms with Crippen LogP contribution < -0.4 is 9.46 Å². The van der Waals surface area contributed by atoms with Gasteiger partial charge < -0.3 is 9.29 Å². The van der Waals surface area contributed by atoms with Crippen molar-refractivity contribution >= 4 is 11.4 Å². The van der Waals surface area contributed by atoms with E-state index in [4.69, 9.17) is 10.00 Å². The Labute approximate surface area is 140 Å². The van der Waals surface area contributed by atoms with E-state index in [1.54, 1.807) is 0 Å². The molecule has 23 heavy (non-hydrogen) atoms. The summed E-state index contributed by atoms with van der Waals surface area (Å²) in [7, 11) is 0. The van der Waals surface area contributed by atoms with E-state index >= 15 is 0 Å². The van der Waals surface area contributed by atoms with Gasteiger partial charge in [0.25, 0.3) is 0 Å². The lowest BCUT2D eigenvalue weighted by molar-refractivity contribution is 0.120. The maximum Gasteiger partial charge on any atom is 0.136 e. The molecule has 1 heterocycles. The molecule has 0 aliphatic carbocycles. The van der Waals surface area contributed by atoms with Gasteiger partial charge in [0.15, 0.2) is 0 Å². The van der Waals surface area contributed by atoms with Crippen LogP contribution in [0.5, 0.6) is 5.75 Å². The summed E-state index contributed by atoms with van der Waals surface area (Å²) in [6, 6.07) is 4.65. The van der Waals surface area contributed by atoms with Crippen LogP contribution in [-0.4, -0.2) is 14.9 Å². The molecule has 0 fully saturated rings. The van der Waals surface area contributed by atoms with Crippen molar-refractivity contribution < 1.29 is 13.7 Å². The Kier molecular flexibility index (Phi) is 4.95. The second-order valence-corrected chi connectivity index (χ2v) is 9.27. The summed E-state index contributed by atoms with van der Waals surface area (Å²) in [5, 5.41) is 8.96. The van der Waals surface area contributed by atoms with Crippen LogP contribution in [0.1, 0.15) is 58.2 Å². The predicted molar refractivity (Wildman–Crippen MR) is 88.8 cm³/mol. The third kappa shape index (κ3) is 3.97. The van der Waals surface area contributed by atoms with E-state index in [1.807, 2.05) is 34.6 Å². The summed E-state index contributed by atoms with van der Waals surface area (Å²) in [4.78, 5) is 0. The lowest BCUT2D eigenvalue weighted by Gasteiger charge is -2.27. The lowest BCUT2D eigenvalue weighted by Crippen LogP contribution is -2.40. The van der Waals surface area contributed by atoms with Crippen molar-refractivity contribution in [3.63, 3.8) is 0 Å². The zero-order chi connectivity index (χ0) is 17.4. The SMILES string of the molecule is CC(N[S+]([O-])C(C)(C)C)c1cc(F)cc2c1O[C@@](C)(CC#N)C2. The molecule has 2 unspecified atom stereocenters. The molecule has 0 radical (unpaired) electrons. The number of ether oxygens (including phenoxy) is 1. The molecule has 0 saturated carbocycles. The maximum atomic E-state index is 14.0. The van der Waals surface area contributed by atoms with Crippen LogP contribution in [0.2, 0.25) is 0 Å². The van der Waals surface area contributed by atoms with Crippen LogP contribution in [0, 0.1) is 17.1 Å². The number of hydrogen-bond acceptors (Lipinski definition) is 4. The molecule has 1 aliphatic heterocycles. The molecule has 4 nitrogen and oxygen atoms in total. The van der Waals surface area contributed by atoms with Crippen LogP contribution >= 0.6 is 0 Å². The van der Waals surface area contributed by atoms with E-state index in [-0.39, 0.29) is 18.3 Å². The maximum absolute atomic E-state index is 14.0. The minimum atomic E-state index is -1.27. The minimum absolute atomic E-state index is 0.235. The van der Waals surface area contributed by atoms with Crippen LogP contribution in [0.3, 0.4) is 0 Å². The Morgan fingerprint density at radius 3 is 2.74 bits per heavy atom. The first kappa shape index (κ1) is 18.1. The zero-order valence-electron chi connectivity index (χ0n) is 14.2. The standard InChI is InChI=1S/C17H23FN2O2S/c1-11(20-23(21)16(2,3)4)14-9-13(18)8-12-10-17(5,6-7-19)22-15(12)14/h8-9,11,20H,6,10H2,1-5H3/t11?,17-,23?/m0/s1. The Balaban J connectivity index is 2.31. The van der Waals surface area contributed by atoms with Crippen molar-refractivity contribution in [2.75, 3.05) is 0 Å². The summed E-state index contributed by atoms with van der Waals surface area (Å²) in [6.07, 6.45) is 0.730. The quantitative estimate of drug-likeness (QED) is 0.853. The summed E-state index contributed by atoms with van der Waals surface area (Å²) in [5.74, 6) is 0.258. The van der Waals surface area contributed by atoms with Crippen molar-refractivity contribution in [1.29, 1.82) is 5.26 Å². The summed E-state index contributed by atoms with van der Waals surface area (Å²) >= 11 is -1.27. The van der Waals surface area contributed by atoms with Gasteiger partial charge >= 0.3 is 0 Å². The van der Waals surface area contributed by atoms with Gasteiger partial charge in [0.1, 0.15) is 21.9 Å². The molecule has 3 atom stereocenters. The first-order valence-corrected chi connectivity index (χ1v) is 8.77. The van der Waals surface area contributed by atoms with E-state index in [0.717, 1.165) is 5.56 Å². The minimum Gasteiger partial charge on any atom is -0.598 e. The van der Waals surface area contributed by atoms with Gasteiger partial charge in [0, 0.05) is 28.9 Å². The normalized spacial score (nSPS) is 22.9. The van der Waals surface area contributed by atoms with Crippen molar-refractivity contribution in [3.05, 3.63) is 29.1 Å². The van der Waals surface area contributed by atoms with Gasteiger partial charge in [-0.15, -0.1) is 4.72 Å². The molecule has 1 aliphatic rings. The Morgan fingerprint density at radius 2 is 2.17 bits per heavy atom. The molecular formula is C17H23FN2O2S. The van der Waals surface area contributed by atoms with Gasteiger partial charge in [-0.25, -0.2) is 4.39 Å². The highest BCUT2D eigenvalue weighted by Crippen LogP contribution is 2.42. The summed E-state index contributed by atoms with van der Waals surface area (Å²) in [6.45, 7) is 9.31. The highest BCUT2D eigenvalue weighted by molar-refractivity contribution is 7.90. The number of benzene rings is 1. The fraction of sp³-hybridized carbons (Fsp3) is 0.588. The number of halogens is 1. The zero-order valence-corrected chi connectivity index (χ0v) is 15.0. The van der Waals surface area contributed by atoms with Crippen molar-refractivity contribution in [2.24, 2.45) is 0 Å². The third-order valence-electron chi connectivity index (χ3n) is 3.83. The molecular weight excluding hydrogens is 315 g/mol. The lowest BCUT2D eigenvalue weighted by atomic mass is 9.95. The molecule has 126 valence electrons. The third-order valence-corrected chi connectivity index (χ3v) is 5.51. The highest BCUT2D eigenvalue weighted by Gasteiger charge is 2.38. The van der Waals surface area contributed by atoms with E-state index < -0.39 is 21.7 Å². The number of hydrogen-bond donors (Lipinski definition) is 1. The predicted octanol–water partition coefficient (Wildman–Crippen LogP) is 3.55. The first-order chi connectivity index (χ1) is 10.6. The van der Waals surface area contributed by atoms with E-state index in [0.29, 0.717) is 17.7 Å². The smallest absolute Gasteiger partial charge is 0.136 e. The molecule has 0 spiro atoms. The second-order valence-electron chi connectivity index (χ2n) is 7.27. The number of nitrogens with zero attached hydrogens (tertiary/aromatic N) is 1. The van der Waals surface area contributed by atoms with Crippen molar-refractivity contribution in [2.45, 2.75) is 63.9 Å². The topological polar surface area (TPSA) is 68.1 Å². The van der Waals surface area contributed by atoms with Gasteiger partial charge in [0.05, 0.1) is 18.5 Å². The van der Waals surface area contributed by atoms with Crippen LogP contribution in [0.4, 0.5) is 4.39 Å². The molecule has 0 amide bonds. The Hall–Kier alpha value is -1.29. The Morgan fingerprint density at radius 1 is 1.52 bits per heavy atom. The molecule has 0 bridgehead atoms. The van der Waals surface area contributed by atoms with Gasteiger partial charge in [-0.1, -0.05) is 0 Å². The van der Waals surface area contributed by atoms with Crippen LogP contribution in [0.15, 0.2) is 12.1 Å². The summed E-state index contributed by atoms with van der Waals surface area (Å²) in [5.41, 5.74) is 0.759.